The molecule has 0 bridgehead atoms. The first kappa shape index (κ1) is 15.1. The Hall–Kier alpha value is 0.1000. The van der Waals surface area contributed by atoms with Crippen molar-refractivity contribution in [1.29, 1.82) is 0 Å². The predicted molar refractivity (Wildman–Crippen MR) is 66.2 cm³/mol. The molecule has 0 aliphatic carbocycles. The van der Waals surface area contributed by atoms with E-state index in [2.05, 4.69) is 15.9 Å². The Kier molecular flexibility index (Phi) is 8.33. The summed E-state index contributed by atoms with van der Waals surface area (Å²) in [5.74, 6) is 0.656. The van der Waals surface area contributed by atoms with E-state index < -0.39 is 9.84 Å². The van der Waals surface area contributed by atoms with Gasteiger partial charge in [-0.3, -0.25) is 4.79 Å². The number of unbranched alkanes of at least 4 members (excludes halogenated alkanes) is 1. The monoisotopic (exact) mass is 298 g/mol. The molecule has 0 saturated carbocycles. The van der Waals surface area contributed by atoms with Gasteiger partial charge < -0.3 is 0 Å². The number of ketones is 1. The van der Waals surface area contributed by atoms with Gasteiger partial charge in [0.15, 0.2) is 0 Å². The summed E-state index contributed by atoms with van der Waals surface area (Å²) in [7, 11) is -2.85. The maximum atomic E-state index is 11.2. The summed E-state index contributed by atoms with van der Waals surface area (Å²) in [4.78, 5) is 11.2. The molecule has 0 N–H and O–H groups in total. The van der Waals surface area contributed by atoms with Crippen molar-refractivity contribution < 1.29 is 13.2 Å². The van der Waals surface area contributed by atoms with Gasteiger partial charge in [0.25, 0.3) is 0 Å². The fraction of sp³-hybridized carbons (Fsp3) is 0.900. The van der Waals surface area contributed by atoms with Crippen LogP contribution in [-0.2, 0) is 14.6 Å². The van der Waals surface area contributed by atoms with Gasteiger partial charge in [0.2, 0.25) is 0 Å². The Balaban J connectivity index is 3.50. The molecule has 0 aromatic heterocycles. The third-order valence-corrected chi connectivity index (χ3v) is 4.54. The van der Waals surface area contributed by atoms with E-state index in [0.717, 1.165) is 11.8 Å². The number of carbonyl (C=O) groups excluding carboxylic acids is 1. The quantitative estimate of drug-likeness (QED) is 0.485. The molecule has 0 amide bonds. The topological polar surface area (TPSA) is 51.2 Å². The molecule has 0 saturated heterocycles. The predicted octanol–water partition coefficient (Wildman–Crippen LogP) is 2.34. The van der Waals surface area contributed by atoms with Gasteiger partial charge in [0.1, 0.15) is 15.6 Å². The lowest BCUT2D eigenvalue weighted by Crippen LogP contribution is -2.09. The second kappa shape index (κ2) is 8.28. The third kappa shape index (κ3) is 9.05. The van der Waals surface area contributed by atoms with Crippen LogP contribution in [0.15, 0.2) is 0 Å². The minimum atomic E-state index is -2.85. The van der Waals surface area contributed by atoms with Crippen molar-refractivity contribution in [2.45, 2.75) is 39.0 Å². The minimum absolute atomic E-state index is 0.199. The molecule has 5 heteroatoms. The lowest BCUT2D eigenvalue weighted by atomic mass is 10.1. The zero-order valence-corrected chi connectivity index (χ0v) is 11.6. The smallest absolute Gasteiger partial charge is 0.150 e. The first-order valence-electron chi connectivity index (χ1n) is 5.30. The summed E-state index contributed by atoms with van der Waals surface area (Å²) < 4.78 is 22.2. The highest BCUT2D eigenvalue weighted by molar-refractivity contribution is 9.09. The van der Waals surface area contributed by atoms with Gasteiger partial charge in [-0.05, 0) is 19.3 Å². The zero-order chi connectivity index (χ0) is 11.7. The van der Waals surface area contributed by atoms with Gasteiger partial charge in [-0.2, -0.15) is 0 Å². The van der Waals surface area contributed by atoms with E-state index in [1.807, 2.05) is 0 Å². The van der Waals surface area contributed by atoms with E-state index in [1.165, 1.54) is 0 Å². The lowest BCUT2D eigenvalue weighted by molar-refractivity contribution is -0.119. The highest BCUT2D eigenvalue weighted by atomic mass is 79.9. The van der Waals surface area contributed by atoms with Crippen LogP contribution in [-0.4, -0.2) is 31.0 Å². The highest BCUT2D eigenvalue weighted by Gasteiger charge is 2.07. The maximum absolute atomic E-state index is 11.2. The van der Waals surface area contributed by atoms with Gasteiger partial charge in [-0.15, -0.1) is 0 Å². The fourth-order valence-corrected chi connectivity index (χ4v) is 2.39. The largest absolute Gasteiger partial charge is 0.300 e. The van der Waals surface area contributed by atoms with Crippen molar-refractivity contribution in [1.82, 2.24) is 0 Å². The average Bonchev–Trinajstić information content (AvgIpc) is 2.21. The summed E-state index contributed by atoms with van der Waals surface area (Å²) in [5.41, 5.74) is 0. The van der Waals surface area contributed by atoms with Crippen LogP contribution in [0, 0.1) is 0 Å². The van der Waals surface area contributed by atoms with Gasteiger partial charge >= 0.3 is 0 Å². The Bertz CT molecular complexity index is 272. The van der Waals surface area contributed by atoms with Crippen LogP contribution < -0.4 is 0 Å². The van der Waals surface area contributed by atoms with E-state index in [-0.39, 0.29) is 17.3 Å². The van der Waals surface area contributed by atoms with E-state index >= 15 is 0 Å². The molecule has 0 aromatic rings. The van der Waals surface area contributed by atoms with Crippen molar-refractivity contribution in [3.63, 3.8) is 0 Å². The molecule has 0 radical (unpaired) electrons. The summed E-state index contributed by atoms with van der Waals surface area (Å²) in [6, 6.07) is 0. The standard InChI is InChI=1S/C10H19BrO3S/c1-2-15(13,14)9-4-3-6-10(12)7-5-8-11/h2-9H2,1H3. The second-order valence-electron chi connectivity index (χ2n) is 3.52. The number of halogens is 1. The Morgan fingerprint density at radius 1 is 1.13 bits per heavy atom. The van der Waals surface area contributed by atoms with Crippen molar-refractivity contribution in [3.05, 3.63) is 0 Å². The molecule has 0 unspecified atom stereocenters. The van der Waals surface area contributed by atoms with Gasteiger partial charge in [0.05, 0.1) is 5.75 Å². The van der Waals surface area contributed by atoms with E-state index in [1.54, 1.807) is 6.92 Å². The number of sulfone groups is 1. The van der Waals surface area contributed by atoms with Crippen molar-refractivity contribution >= 4 is 31.6 Å². The number of alkyl halides is 1. The first-order valence-corrected chi connectivity index (χ1v) is 8.24. The molecule has 0 aliphatic heterocycles. The average molecular weight is 299 g/mol. The second-order valence-corrected chi connectivity index (χ2v) is 6.79. The van der Waals surface area contributed by atoms with Gasteiger partial charge in [-0.25, -0.2) is 8.42 Å². The van der Waals surface area contributed by atoms with Crippen LogP contribution in [0.4, 0.5) is 0 Å². The van der Waals surface area contributed by atoms with Gasteiger partial charge in [-0.1, -0.05) is 22.9 Å². The van der Waals surface area contributed by atoms with E-state index in [9.17, 15) is 13.2 Å². The van der Waals surface area contributed by atoms with Crippen LogP contribution in [0.5, 0.6) is 0 Å². The summed E-state index contributed by atoms with van der Waals surface area (Å²) in [6.45, 7) is 1.65. The first-order chi connectivity index (χ1) is 7.02. The van der Waals surface area contributed by atoms with Gasteiger partial charge in [0, 0.05) is 23.9 Å². The molecule has 0 aromatic carbocycles. The molecule has 90 valence electrons. The molecule has 3 nitrogen and oxygen atoms in total. The number of rotatable bonds is 9. The van der Waals surface area contributed by atoms with E-state index in [0.29, 0.717) is 25.7 Å². The van der Waals surface area contributed by atoms with Crippen LogP contribution in [0.1, 0.15) is 39.0 Å². The Morgan fingerprint density at radius 2 is 1.73 bits per heavy atom. The molecule has 0 atom stereocenters. The molecular formula is C10H19BrO3S. The van der Waals surface area contributed by atoms with Crippen molar-refractivity contribution in [2.75, 3.05) is 16.8 Å². The zero-order valence-electron chi connectivity index (χ0n) is 9.17. The van der Waals surface area contributed by atoms with E-state index in [4.69, 9.17) is 0 Å². The molecule has 0 rings (SSSR count). The summed E-state index contributed by atoms with van der Waals surface area (Å²) in [5, 5.41) is 0.850. The molecule has 0 aliphatic rings. The molecular weight excluding hydrogens is 280 g/mol. The molecule has 0 spiro atoms. The van der Waals surface area contributed by atoms with Crippen LogP contribution in [0.3, 0.4) is 0 Å². The normalized spacial score (nSPS) is 11.6. The van der Waals surface area contributed by atoms with Crippen molar-refractivity contribution in [3.8, 4) is 0 Å². The third-order valence-electron chi connectivity index (χ3n) is 2.19. The summed E-state index contributed by atoms with van der Waals surface area (Å²) in [6.07, 6.45) is 3.29. The maximum Gasteiger partial charge on any atom is 0.150 e. The number of Topliss-reactive ketones (excluding diaryl/α,β-unsaturated/α-hetero) is 1. The summed E-state index contributed by atoms with van der Waals surface area (Å²) >= 11 is 3.26. The van der Waals surface area contributed by atoms with Crippen LogP contribution in [0.2, 0.25) is 0 Å². The van der Waals surface area contributed by atoms with Crippen LogP contribution >= 0.6 is 15.9 Å². The molecule has 15 heavy (non-hydrogen) atoms. The SMILES string of the molecule is CCS(=O)(=O)CCCCC(=O)CCCBr. The minimum Gasteiger partial charge on any atom is -0.300 e. The van der Waals surface area contributed by atoms with Crippen LogP contribution in [0.25, 0.3) is 0 Å². The lowest BCUT2D eigenvalue weighted by Gasteiger charge is -2.01. The number of hydrogen-bond donors (Lipinski definition) is 0. The Morgan fingerprint density at radius 3 is 2.27 bits per heavy atom. The molecule has 0 heterocycles. The fourth-order valence-electron chi connectivity index (χ4n) is 1.18. The highest BCUT2D eigenvalue weighted by Crippen LogP contribution is 2.05. The number of hydrogen-bond acceptors (Lipinski definition) is 3. The van der Waals surface area contributed by atoms with Crippen molar-refractivity contribution in [2.24, 2.45) is 0 Å². The number of carbonyl (C=O) groups is 1. The molecule has 0 fully saturated rings. The Labute approximate surface area is 101 Å².